The average molecular weight is 432 g/mol. The maximum absolute atomic E-state index is 13.5. The Bertz CT molecular complexity index is 682. The molecule has 4 heteroatoms. The molecule has 0 amide bonds. The number of hydrogen-bond acceptors (Lipinski definition) is 4. The van der Waals surface area contributed by atoms with Crippen molar-refractivity contribution in [2.75, 3.05) is 19.6 Å². The van der Waals surface area contributed by atoms with Gasteiger partial charge in [0.15, 0.2) is 0 Å². The number of rotatable bonds is 3. The first-order valence-electron chi connectivity index (χ1n) is 13.3. The number of fused-ring (bicyclic) bond motifs is 5. The van der Waals surface area contributed by atoms with Gasteiger partial charge in [-0.15, -0.1) is 0 Å². The molecule has 4 nitrogen and oxygen atoms in total. The highest BCUT2D eigenvalue weighted by Gasteiger charge is 2.58. The number of nitrogens with zero attached hydrogens (tertiary/aromatic N) is 1. The van der Waals surface area contributed by atoms with Gasteiger partial charge in [-0.25, -0.2) is 0 Å². The summed E-state index contributed by atoms with van der Waals surface area (Å²) in [5.74, 6) is 4.75. The fourth-order valence-corrected chi connectivity index (χ4v) is 9.35. The summed E-state index contributed by atoms with van der Waals surface area (Å²) in [5, 5.41) is 10.6. The fourth-order valence-electron chi connectivity index (χ4n) is 9.35. The summed E-state index contributed by atoms with van der Waals surface area (Å²) in [6, 6.07) is 0. The van der Waals surface area contributed by atoms with Gasteiger partial charge in [-0.05, 0) is 114 Å². The van der Waals surface area contributed by atoms with Gasteiger partial charge in [0.25, 0.3) is 0 Å². The van der Waals surface area contributed by atoms with Crippen LogP contribution in [0.1, 0.15) is 85.5 Å². The Morgan fingerprint density at radius 3 is 2.39 bits per heavy atom. The van der Waals surface area contributed by atoms with Crippen LogP contribution in [0.25, 0.3) is 0 Å². The molecular weight excluding hydrogens is 386 g/mol. The molecule has 1 N–H and O–H groups in total. The van der Waals surface area contributed by atoms with Crippen molar-refractivity contribution < 1.29 is 14.6 Å². The van der Waals surface area contributed by atoms with Gasteiger partial charge in [0.2, 0.25) is 0 Å². The molecule has 0 radical (unpaired) electrons. The minimum atomic E-state index is -0.434. The maximum Gasteiger partial charge on any atom is 0.150 e. The number of morpholine rings is 1. The molecule has 0 aromatic heterocycles. The largest absolute Gasteiger partial charge is 0.390 e. The van der Waals surface area contributed by atoms with Gasteiger partial charge in [-0.3, -0.25) is 9.69 Å². The SMILES string of the molecule is C[C@H]1CN(CC(=O)[C@H]2CC[C@H]3[C@@H]4CC[C@@H]5C[C@](C)(O)CC[C@@H]5[C@H]4CC[C@]23C)C[C@H](C)O1. The van der Waals surface area contributed by atoms with E-state index in [4.69, 9.17) is 4.74 Å². The van der Waals surface area contributed by atoms with Gasteiger partial charge < -0.3 is 9.84 Å². The highest BCUT2D eigenvalue weighted by atomic mass is 16.5. The fraction of sp³-hybridized carbons (Fsp3) is 0.963. The summed E-state index contributed by atoms with van der Waals surface area (Å²) in [7, 11) is 0. The van der Waals surface area contributed by atoms with Gasteiger partial charge in [0.1, 0.15) is 5.78 Å². The lowest BCUT2D eigenvalue weighted by molar-refractivity contribution is -0.136. The van der Waals surface area contributed by atoms with E-state index in [2.05, 4.69) is 32.6 Å². The third-order valence-corrected chi connectivity index (χ3v) is 10.5. The van der Waals surface area contributed by atoms with Crippen molar-refractivity contribution in [1.29, 1.82) is 0 Å². The highest BCUT2D eigenvalue weighted by molar-refractivity contribution is 5.84. The molecule has 0 aromatic rings. The number of ketones is 1. The number of aliphatic hydroxyl groups is 1. The second kappa shape index (κ2) is 8.09. The van der Waals surface area contributed by atoms with Crippen LogP contribution in [0.15, 0.2) is 0 Å². The van der Waals surface area contributed by atoms with Crippen molar-refractivity contribution in [3.8, 4) is 0 Å². The van der Waals surface area contributed by atoms with E-state index in [-0.39, 0.29) is 23.5 Å². The smallest absolute Gasteiger partial charge is 0.150 e. The Balaban J connectivity index is 1.26. The van der Waals surface area contributed by atoms with E-state index >= 15 is 0 Å². The zero-order valence-corrected chi connectivity index (χ0v) is 20.3. The van der Waals surface area contributed by atoms with E-state index < -0.39 is 5.60 Å². The Kier molecular flexibility index (Phi) is 5.84. The first-order valence-corrected chi connectivity index (χ1v) is 13.3. The predicted octanol–water partition coefficient (Wildman–Crippen LogP) is 4.68. The minimum absolute atomic E-state index is 0.217. The molecule has 0 bridgehead atoms. The summed E-state index contributed by atoms with van der Waals surface area (Å²) in [6.07, 6.45) is 11.2. The third-order valence-electron chi connectivity index (χ3n) is 10.5. The van der Waals surface area contributed by atoms with Gasteiger partial charge in [0, 0.05) is 19.0 Å². The summed E-state index contributed by atoms with van der Waals surface area (Å²) in [6.45, 7) is 11.2. The molecule has 0 unspecified atom stereocenters. The van der Waals surface area contributed by atoms with Crippen molar-refractivity contribution in [3.63, 3.8) is 0 Å². The molecule has 0 aromatic carbocycles. The molecule has 4 saturated carbocycles. The lowest BCUT2D eigenvalue weighted by Gasteiger charge is -2.57. The standard InChI is InChI=1S/C27H45NO3/c1-17-14-28(15-18(2)31-17)16-25(29)24-8-7-23-22-6-5-19-13-26(3,30)11-9-20(19)21(22)10-12-27(23,24)4/h17-24,30H,5-16H2,1-4H3/t17-,18-,19+,20-,21+,22+,23-,24+,26+,27-/m0/s1. The molecule has 4 aliphatic carbocycles. The quantitative estimate of drug-likeness (QED) is 0.705. The topological polar surface area (TPSA) is 49.8 Å². The van der Waals surface area contributed by atoms with Crippen molar-refractivity contribution in [3.05, 3.63) is 0 Å². The number of carbonyl (C=O) groups excluding carboxylic acids is 1. The molecule has 5 rings (SSSR count). The van der Waals surface area contributed by atoms with Crippen LogP contribution in [0.2, 0.25) is 0 Å². The summed E-state index contributed by atoms with van der Waals surface area (Å²) in [4.78, 5) is 15.9. The van der Waals surface area contributed by atoms with E-state index in [1.54, 1.807) is 0 Å². The van der Waals surface area contributed by atoms with Gasteiger partial charge >= 0.3 is 0 Å². The molecule has 1 aliphatic heterocycles. The van der Waals surface area contributed by atoms with Crippen molar-refractivity contribution in [1.82, 2.24) is 4.90 Å². The van der Waals surface area contributed by atoms with Gasteiger partial charge in [-0.1, -0.05) is 6.92 Å². The average Bonchev–Trinajstić information content (AvgIpc) is 3.03. The minimum Gasteiger partial charge on any atom is -0.390 e. The van der Waals surface area contributed by atoms with Crippen molar-refractivity contribution in [2.24, 2.45) is 40.9 Å². The maximum atomic E-state index is 13.5. The van der Waals surface area contributed by atoms with Crippen LogP contribution < -0.4 is 0 Å². The number of carbonyl (C=O) groups is 1. The van der Waals surface area contributed by atoms with E-state index in [0.29, 0.717) is 12.3 Å². The Morgan fingerprint density at radius 2 is 1.65 bits per heavy atom. The van der Waals surface area contributed by atoms with Crippen LogP contribution in [0.5, 0.6) is 0 Å². The first-order chi connectivity index (χ1) is 14.7. The zero-order chi connectivity index (χ0) is 22.0. The van der Waals surface area contributed by atoms with E-state index in [1.165, 1.54) is 38.5 Å². The molecule has 1 saturated heterocycles. The van der Waals surface area contributed by atoms with E-state index in [0.717, 1.165) is 61.9 Å². The van der Waals surface area contributed by atoms with Crippen molar-refractivity contribution in [2.45, 2.75) is 103 Å². The third kappa shape index (κ3) is 4.04. The normalized spacial score (nSPS) is 52.8. The second-order valence-corrected chi connectivity index (χ2v) is 12.8. The number of Topliss-reactive ketones (excluding diaryl/α,β-unsaturated/α-hetero) is 1. The van der Waals surface area contributed by atoms with Crippen LogP contribution >= 0.6 is 0 Å². The molecule has 10 atom stereocenters. The second-order valence-electron chi connectivity index (χ2n) is 12.8. The van der Waals surface area contributed by atoms with Crippen LogP contribution in [0.4, 0.5) is 0 Å². The highest BCUT2D eigenvalue weighted by Crippen LogP contribution is 2.64. The Hall–Kier alpha value is -0.450. The van der Waals surface area contributed by atoms with Crippen LogP contribution in [0.3, 0.4) is 0 Å². The number of ether oxygens (including phenoxy) is 1. The summed E-state index contributed by atoms with van der Waals surface area (Å²) in [5.41, 5.74) is -0.217. The molecule has 5 fully saturated rings. The molecule has 0 spiro atoms. The van der Waals surface area contributed by atoms with E-state index in [1.807, 2.05) is 0 Å². The first kappa shape index (κ1) is 22.3. The molecule has 5 aliphatic rings. The lowest BCUT2D eigenvalue weighted by atomic mass is 9.49. The summed E-state index contributed by atoms with van der Waals surface area (Å²) < 4.78 is 5.88. The van der Waals surface area contributed by atoms with Crippen molar-refractivity contribution >= 4 is 5.78 Å². The summed E-state index contributed by atoms with van der Waals surface area (Å²) >= 11 is 0. The Morgan fingerprint density at radius 1 is 0.935 bits per heavy atom. The van der Waals surface area contributed by atoms with E-state index in [9.17, 15) is 9.90 Å². The molecular formula is C27H45NO3. The van der Waals surface area contributed by atoms with Crippen LogP contribution in [-0.4, -0.2) is 53.2 Å². The molecule has 176 valence electrons. The predicted molar refractivity (Wildman–Crippen MR) is 123 cm³/mol. The lowest BCUT2D eigenvalue weighted by Crippen LogP contribution is -2.52. The van der Waals surface area contributed by atoms with Crippen LogP contribution in [-0.2, 0) is 9.53 Å². The Labute approximate surface area is 189 Å². The van der Waals surface area contributed by atoms with Gasteiger partial charge in [-0.2, -0.15) is 0 Å². The molecule has 1 heterocycles. The zero-order valence-electron chi connectivity index (χ0n) is 20.3. The monoisotopic (exact) mass is 431 g/mol. The van der Waals surface area contributed by atoms with Crippen LogP contribution in [0, 0.1) is 40.9 Å². The van der Waals surface area contributed by atoms with Gasteiger partial charge in [0.05, 0.1) is 24.4 Å². The molecule has 31 heavy (non-hydrogen) atoms. The number of hydrogen-bond donors (Lipinski definition) is 1.